The lowest BCUT2D eigenvalue weighted by molar-refractivity contribution is 0.203. The van der Waals surface area contributed by atoms with Gasteiger partial charge in [0.2, 0.25) is 0 Å². The fourth-order valence-electron chi connectivity index (χ4n) is 2.13. The Balaban J connectivity index is 1.85. The smallest absolute Gasteiger partial charge is 0.191 e. The summed E-state index contributed by atoms with van der Waals surface area (Å²) in [4.78, 5) is 8.81. The van der Waals surface area contributed by atoms with Crippen LogP contribution in [0.25, 0.3) is 5.65 Å². The summed E-state index contributed by atoms with van der Waals surface area (Å²) in [6.07, 6.45) is 4.95. The molecule has 0 atom stereocenters. The van der Waals surface area contributed by atoms with Crippen LogP contribution in [0.5, 0.6) is 0 Å². The molecule has 0 bridgehead atoms. The molecule has 2 rings (SSSR count). The van der Waals surface area contributed by atoms with E-state index in [4.69, 9.17) is 4.74 Å². The molecule has 2 aromatic rings. The standard InChI is InChI=1S/C15H23N5O/c1-12-5-4-9-20-11-13(19-14(12)20)6-7-17-15(16-2)18-8-10-21-3/h4-5,9,11H,6-8,10H2,1-3H3,(H2,16,17,18). The van der Waals surface area contributed by atoms with Gasteiger partial charge in [0.15, 0.2) is 5.96 Å². The first-order valence-corrected chi connectivity index (χ1v) is 7.11. The highest BCUT2D eigenvalue weighted by Crippen LogP contribution is 2.09. The fraction of sp³-hybridized carbons (Fsp3) is 0.467. The van der Waals surface area contributed by atoms with Crippen LogP contribution in [0.15, 0.2) is 29.5 Å². The highest BCUT2D eigenvalue weighted by atomic mass is 16.5. The third-order valence-corrected chi connectivity index (χ3v) is 3.22. The van der Waals surface area contributed by atoms with Gasteiger partial charge in [-0.3, -0.25) is 4.99 Å². The van der Waals surface area contributed by atoms with Gasteiger partial charge in [0.1, 0.15) is 5.65 Å². The Labute approximate surface area is 125 Å². The lowest BCUT2D eigenvalue weighted by atomic mass is 10.3. The maximum absolute atomic E-state index is 5.00. The Morgan fingerprint density at radius 3 is 2.90 bits per heavy atom. The molecule has 114 valence electrons. The molecule has 0 unspecified atom stereocenters. The van der Waals surface area contributed by atoms with Crippen molar-refractivity contribution in [2.75, 3.05) is 33.9 Å². The molecule has 0 radical (unpaired) electrons. The molecule has 6 heteroatoms. The number of aromatic nitrogens is 2. The van der Waals surface area contributed by atoms with Crippen LogP contribution in [0.3, 0.4) is 0 Å². The highest BCUT2D eigenvalue weighted by Gasteiger charge is 2.04. The van der Waals surface area contributed by atoms with Crippen molar-refractivity contribution in [1.29, 1.82) is 0 Å². The molecular weight excluding hydrogens is 266 g/mol. The van der Waals surface area contributed by atoms with Crippen LogP contribution in [0.1, 0.15) is 11.3 Å². The second kappa shape index (κ2) is 7.64. The van der Waals surface area contributed by atoms with Crippen molar-refractivity contribution >= 4 is 11.6 Å². The van der Waals surface area contributed by atoms with Gasteiger partial charge in [-0.1, -0.05) is 6.07 Å². The average Bonchev–Trinajstić information content (AvgIpc) is 2.90. The predicted octanol–water partition coefficient (Wildman–Crippen LogP) is 0.997. The quantitative estimate of drug-likeness (QED) is 0.473. The number of nitrogens with one attached hydrogen (secondary N) is 2. The molecule has 0 amide bonds. The number of methoxy groups -OCH3 is 1. The monoisotopic (exact) mass is 289 g/mol. The third-order valence-electron chi connectivity index (χ3n) is 3.22. The molecule has 6 nitrogen and oxygen atoms in total. The van der Waals surface area contributed by atoms with Crippen LogP contribution >= 0.6 is 0 Å². The summed E-state index contributed by atoms with van der Waals surface area (Å²) in [6.45, 7) is 4.26. The van der Waals surface area contributed by atoms with E-state index in [9.17, 15) is 0 Å². The predicted molar refractivity (Wildman–Crippen MR) is 84.9 cm³/mol. The number of hydrogen-bond acceptors (Lipinski definition) is 3. The first-order valence-electron chi connectivity index (χ1n) is 7.11. The van der Waals surface area contributed by atoms with Gasteiger partial charge in [-0.05, 0) is 18.6 Å². The first kappa shape index (κ1) is 15.3. The van der Waals surface area contributed by atoms with E-state index in [1.807, 2.05) is 12.3 Å². The summed E-state index contributed by atoms with van der Waals surface area (Å²) in [5.74, 6) is 0.784. The number of aliphatic imine (C=N–C) groups is 1. The van der Waals surface area contributed by atoms with Gasteiger partial charge in [-0.25, -0.2) is 4.98 Å². The summed E-state index contributed by atoms with van der Waals surface area (Å²) < 4.78 is 7.06. The molecule has 0 aliphatic carbocycles. The number of ether oxygens (including phenoxy) is 1. The lowest BCUT2D eigenvalue weighted by Gasteiger charge is -2.10. The molecule has 0 aromatic carbocycles. The van der Waals surface area contributed by atoms with Crippen molar-refractivity contribution < 1.29 is 4.74 Å². The molecule has 0 spiro atoms. The van der Waals surface area contributed by atoms with Gasteiger partial charge < -0.3 is 19.8 Å². The van der Waals surface area contributed by atoms with Crippen LogP contribution in [0, 0.1) is 6.92 Å². The number of guanidine groups is 1. The van der Waals surface area contributed by atoms with Crippen molar-refractivity contribution in [2.24, 2.45) is 4.99 Å². The zero-order chi connectivity index (χ0) is 15.1. The average molecular weight is 289 g/mol. The van der Waals surface area contributed by atoms with Gasteiger partial charge in [-0.15, -0.1) is 0 Å². The summed E-state index contributed by atoms with van der Waals surface area (Å²) in [5, 5.41) is 6.45. The van der Waals surface area contributed by atoms with Crippen LogP contribution in [0.4, 0.5) is 0 Å². The van der Waals surface area contributed by atoms with E-state index < -0.39 is 0 Å². The largest absolute Gasteiger partial charge is 0.383 e. The number of aryl methyl sites for hydroxylation is 1. The molecule has 0 saturated heterocycles. The molecule has 0 aliphatic heterocycles. The highest BCUT2D eigenvalue weighted by molar-refractivity contribution is 5.79. The summed E-state index contributed by atoms with van der Waals surface area (Å²) in [7, 11) is 3.44. The third kappa shape index (κ3) is 4.19. The SMILES string of the molecule is CN=C(NCCOC)NCCc1cn2cccc(C)c2n1. The van der Waals surface area contributed by atoms with E-state index in [1.165, 1.54) is 5.56 Å². The Morgan fingerprint density at radius 2 is 2.19 bits per heavy atom. The Kier molecular flexibility index (Phi) is 5.57. The van der Waals surface area contributed by atoms with E-state index in [2.05, 4.69) is 44.2 Å². The minimum Gasteiger partial charge on any atom is -0.383 e. The zero-order valence-electron chi connectivity index (χ0n) is 12.9. The maximum Gasteiger partial charge on any atom is 0.191 e. The minimum atomic E-state index is 0.659. The number of hydrogen-bond donors (Lipinski definition) is 2. The van der Waals surface area contributed by atoms with Crippen LogP contribution in [-0.2, 0) is 11.2 Å². The van der Waals surface area contributed by atoms with Crippen molar-refractivity contribution in [3.8, 4) is 0 Å². The number of nitrogens with zero attached hydrogens (tertiary/aromatic N) is 3. The fourth-order valence-corrected chi connectivity index (χ4v) is 2.13. The van der Waals surface area contributed by atoms with E-state index in [1.54, 1.807) is 14.2 Å². The Morgan fingerprint density at radius 1 is 1.38 bits per heavy atom. The second-order valence-corrected chi connectivity index (χ2v) is 4.82. The van der Waals surface area contributed by atoms with Gasteiger partial charge in [0.05, 0.1) is 12.3 Å². The topological polar surface area (TPSA) is 63.0 Å². The molecule has 2 heterocycles. The summed E-state index contributed by atoms with van der Waals surface area (Å²) >= 11 is 0. The molecule has 0 saturated carbocycles. The lowest BCUT2D eigenvalue weighted by Crippen LogP contribution is -2.39. The van der Waals surface area contributed by atoms with Crippen molar-refractivity contribution in [3.63, 3.8) is 0 Å². The van der Waals surface area contributed by atoms with Crippen molar-refractivity contribution in [1.82, 2.24) is 20.0 Å². The molecule has 2 N–H and O–H groups in total. The number of pyridine rings is 1. The number of fused-ring (bicyclic) bond motifs is 1. The van der Waals surface area contributed by atoms with Gasteiger partial charge in [0.25, 0.3) is 0 Å². The van der Waals surface area contributed by atoms with Gasteiger partial charge >= 0.3 is 0 Å². The molecular formula is C15H23N5O. The van der Waals surface area contributed by atoms with Gasteiger partial charge in [0, 0.05) is 46.1 Å². The van der Waals surface area contributed by atoms with Crippen molar-refractivity contribution in [2.45, 2.75) is 13.3 Å². The summed E-state index contributed by atoms with van der Waals surface area (Å²) in [6, 6.07) is 4.11. The zero-order valence-corrected chi connectivity index (χ0v) is 12.9. The van der Waals surface area contributed by atoms with Gasteiger partial charge in [-0.2, -0.15) is 0 Å². The summed E-state index contributed by atoms with van der Waals surface area (Å²) in [5.41, 5.74) is 3.29. The molecule has 0 fully saturated rings. The number of rotatable bonds is 6. The van der Waals surface area contributed by atoms with E-state index in [0.717, 1.165) is 36.8 Å². The normalized spacial score (nSPS) is 11.9. The van der Waals surface area contributed by atoms with Crippen LogP contribution in [0.2, 0.25) is 0 Å². The molecule has 0 aliphatic rings. The minimum absolute atomic E-state index is 0.659. The first-order chi connectivity index (χ1) is 10.2. The second-order valence-electron chi connectivity index (χ2n) is 4.82. The number of imidazole rings is 1. The maximum atomic E-state index is 5.00. The van der Waals surface area contributed by atoms with Crippen LogP contribution in [-0.4, -0.2) is 49.2 Å². The van der Waals surface area contributed by atoms with E-state index in [-0.39, 0.29) is 0 Å². The molecule has 2 aromatic heterocycles. The Bertz CT molecular complexity index is 605. The van der Waals surface area contributed by atoms with Crippen LogP contribution < -0.4 is 10.6 Å². The van der Waals surface area contributed by atoms with Crippen molar-refractivity contribution in [3.05, 3.63) is 35.8 Å². The van der Waals surface area contributed by atoms with E-state index >= 15 is 0 Å². The Hall–Kier alpha value is -2.08. The van der Waals surface area contributed by atoms with E-state index in [0.29, 0.717) is 6.61 Å². The molecule has 21 heavy (non-hydrogen) atoms.